The Morgan fingerprint density at radius 1 is 1.16 bits per heavy atom. The Hall–Kier alpha value is -3.23. The van der Waals surface area contributed by atoms with Crippen molar-refractivity contribution < 1.29 is 14.2 Å². The monoisotopic (exact) mass is 509 g/mol. The maximum Gasteiger partial charge on any atom is 0.136 e. The summed E-state index contributed by atoms with van der Waals surface area (Å²) in [7, 11) is 3.77. The lowest BCUT2D eigenvalue weighted by molar-refractivity contribution is 0.0575. The van der Waals surface area contributed by atoms with E-state index in [0.717, 1.165) is 33.7 Å². The standard InChI is InChI=1S/C27H34FN5O2.C2H6/c1-17-21(25(31-32(17)6)26(34)27(2,3)4)11-12-35-23-13-19(28)8-9-22(23)18-7-10-24-30-15-20(14-29-5)33(24)16-18;1-2/h7-10,13,15-16,26,29,34H,11-12,14H2,1-6H3;1-2H3. The molecule has 1 aromatic carbocycles. The molecule has 1 unspecified atom stereocenters. The summed E-state index contributed by atoms with van der Waals surface area (Å²) < 4.78 is 24.2. The molecule has 0 radical (unpaired) electrons. The Morgan fingerprint density at radius 3 is 2.57 bits per heavy atom. The zero-order chi connectivity index (χ0) is 27.3. The SMILES string of the molecule is CC.CNCc1cnc2ccc(-c3ccc(F)cc3OCCc3c(C(O)C(C)(C)C)nn(C)c3C)cn12. The summed E-state index contributed by atoms with van der Waals surface area (Å²) >= 11 is 0. The lowest BCUT2D eigenvalue weighted by atomic mass is 9.85. The predicted molar refractivity (Wildman–Crippen MR) is 146 cm³/mol. The van der Waals surface area contributed by atoms with Crippen molar-refractivity contribution in [3.05, 3.63) is 71.2 Å². The van der Waals surface area contributed by atoms with Crippen molar-refractivity contribution in [2.45, 2.75) is 60.6 Å². The van der Waals surface area contributed by atoms with Crippen molar-refractivity contribution >= 4 is 5.65 Å². The fraction of sp³-hybridized carbons (Fsp3) is 0.448. The maximum absolute atomic E-state index is 14.2. The van der Waals surface area contributed by atoms with E-state index < -0.39 is 6.10 Å². The van der Waals surface area contributed by atoms with Gasteiger partial charge in [-0.2, -0.15) is 5.10 Å². The molecule has 3 aromatic heterocycles. The minimum Gasteiger partial charge on any atom is -0.492 e. The number of halogens is 1. The van der Waals surface area contributed by atoms with Crippen LogP contribution >= 0.6 is 0 Å². The van der Waals surface area contributed by atoms with E-state index in [-0.39, 0.29) is 11.2 Å². The summed E-state index contributed by atoms with van der Waals surface area (Å²) in [4.78, 5) is 4.44. The first kappa shape index (κ1) is 28.3. The van der Waals surface area contributed by atoms with Gasteiger partial charge in [0.15, 0.2) is 0 Å². The molecule has 3 heterocycles. The highest BCUT2D eigenvalue weighted by molar-refractivity contribution is 5.71. The van der Waals surface area contributed by atoms with Crippen LogP contribution in [-0.4, -0.2) is 37.9 Å². The van der Waals surface area contributed by atoms with Gasteiger partial charge in [-0.25, -0.2) is 9.37 Å². The highest BCUT2D eigenvalue weighted by Gasteiger charge is 2.29. The Labute approximate surface area is 219 Å². The molecular weight excluding hydrogens is 469 g/mol. The van der Waals surface area contributed by atoms with Gasteiger partial charge in [-0.3, -0.25) is 4.68 Å². The number of nitrogens with zero attached hydrogens (tertiary/aromatic N) is 4. The van der Waals surface area contributed by atoms with E-state index in [9.17, 15) is 9.50 Å². The fourth-order valence-corrected chi connectivity index (χ4v) is 4.24. The third kappa shape index (κ3) is 6.19. The van der Waals surface area contributed by atoms with Gasteiger partial charge in [-0.1, -0.05) is 34.6 Å². The van der Waals surface area contributed by atoms with Crippen molar-refractivity contribution in [2.75, 3.05) is 13.7 Å². The van der Waals surface area contributed by atoms with E-state index in [1.165, 1.54) is 12.1 Å². The number of imidazole rings is 1. The number of aliphatic hydroxyl groups is 1. The van der Waals surface area contributed by atoms with Gasteiger partial charge in [0.05, 0.1) is 24.2 Å². The zero-order valence-corrected chi connectivity index (χ0v) is 23.3. The molecule has 7 nitrogen and oxygen atoms in total. The zero-order valence-electron chi connectivity index (χ0n) is 23.3. The predicted octanol–water partition coefficient (Wildman–Crippen LogP) is 5.63. The fourth-order valence-electron chi connectivity index (χ4n) is 4.24. The molecule has 0 saturated heterocycles. The molecule has 0 fully saturated rings. The van der Waals surface area contributed by atoms with E-state index in [4.69, 9.17) is 4.74 Å². The average Bonchev–Trinajstić information content (AvgIpc) is 3.40. The number of hydrogen-bond donors (Lipinski definition) is 2. The molecular formula is C29H40FN5O2. The molecule has 2 N–H and O–H groups in total. The second kappa shape index (κ2) is 11.9. The van der Waals surface area contributed by atoms with Crippen molar-refractivity contribution in [2.24, 2.45) is 12.5 Å². The van der Waals surface area contributed by atoms with Crippen LogP contribution < -0.4 is 10.1 Å². The van der Waals surface area contributed by atoms with E-state index in [1.807, 2.05) is 84.6 Å². The minimum atomic E-state index is -0.698. The lowest BCUT2D eigenvalue weighted by Gasteiger charge is -2.25. The second-order valence-corrected chi connectivity index (χ2v) is 10.0. The Bertz CT molecular complexity index is 1340. The molecule has 0 bridgehead atoms. The van der Waals surface area contributed by atoms with Crippen LogP contribution in [0.4, 0.5) is 4.39 Å². The van der Waals surface area contributed by atoms with Crippen molar-refractivity contribution in [1.29, 1.82) is 0 Å². The molecule has 4 rings (SSSR count). The third-order valence-electron chi connectivity index (χ3n) is 6.37. The van der Waals surface area contributed by atoms with Gasteiger partial charge in [0, 0.05) is 54.7 Å². The molecule has 0 amide bonds. The summed E-state index contributed by atoms with van der Waals surface area (Å²) in [6.45, 7) is 13.0. The Balaban J connectivity index is 0.00000186. The van der Waals surface area contributed by atoms with Crippen LogP contribution in [0, 0.1) is 18.2 Å². The number of benzene rings is 1. The van der Waals surface area contributed by atoms with Gasteiger partial charge < -0.3 is 19.6 Å². The molecule has 200 valence electrons. The van der Waals surface area contributed by atoms with Crippen LogP contribution in [0.15, 0.2) is 42.7 Å². The normalized spacial score (nSPS) is 12.4. The first-order valence-corrected chi connectivity index (χ1v) is 12.8. The van der Waals surface area contributed by atoms with E-state index in [0.29, 0.717) is 31.0 Å². The van der Waals surface area contributed by atoms with Crippen LogP contribution in [0.5, 0.6) is 5.75 Å². The van der Waals surface area contributed by atoms with Crippen LogP contribution in [-0.2, 0) is 20.0 Å². The average molecular weight is 510 g/mol. The first-order chi connectivity index (χ1) is 17.6. The molecule has 37 heavy (non-hydrogen) atoms. The van der Waals surface area contributed by atoms with E-state index in [1.54, 1.807) is 10.7 Å². The summed E-state index contributed by atoms with van der Waals surface area (Å²) in [5.74, 6) is 0.115. The summed E-state index contributed by atoms with van der Waals surface area (Å²) in [6, 6.07) is 8.51. The van der Waals surface area contributed by atoms with E-state index >= 15 is 0 Å². The molecule has 8 heteroatoms. The largest absolute Gasteiger partial charge is 0.492 e. The number of pyridine rings is 1. The number of fused-ring (bicyclic) bond motifs is 1. The van der Waals surface area contributed by atoms with Gasteiger partial charge in [-0.05, 0) is 43.7 Å². The Morgan fingerprint density at radius 2 is 1.89 bits per heavy atom. The van der Waals surface area contributed by atoms with Gasteiger partial charge in [-0.15, -0.1) is 0 Å². The molecule has 0 spiro atoms. The quantitative estimate of drug-likeness (QED) is 0.322. The number of hydrogen-bond acceptors (Lipinski definition) is 5. The maximum atomic E-state index is 14.2. The summed E-state index contributed by atoms with van der Waals surface area (Å²) in [6.07, 6.45) is 3.69. The number of ether oxygens (including phenoxy) is 1. The van der Waals surface area contributed by atoms with Crippen molar-refractivity contribution in [1.82, 2.24) is 24.5 Å². The second-order valence-electron chi connectivity index (χ2n) is 10.0. The molecule has 0 aliphatic rings. The van der Waals surface area contributed by atoms with E-state index in [2.05, 4.69) is 15.4 Å². The van der Waals surface area contributed by atoms with Crippen LogP contribution in [0.25, 0.3) is 16.8 Å². The van der Waals surface area contributed by atoms with Gasteiger partial charge in [0.1, 0.15) is 23.3 Å². The molecule has 4 aromatic rings. The number of rotatable bonds is 8. The minimum absolute atomic E-state index is 0.325. The number of nitrogens with one attached hydrogen (secondary N) is 1. The van der Waals surface area contributed by atoms with Crippen molar-refractivity contribution in [3.8, 4) is 16.9 Å². The van der Waals surface area contributed by atoms with Gasteiger partial charge >= 0.3 is 0 Å². The summed E-state index contributed by atoms with van der Waals surface area (Å²) in [5.41, 5.74) is 5.86. The Kier molecular flexibility index (Phi) is 9.10. The summed E-state index contributed by atoms with van der Waals surface area (Å²) in [5, 5.41) is 18.6. The molecule has 0 aliphatic heterocycles. The highest BCUT2D eigenvalue weighted by atomic mass is 19.1. The van der Waals surface area contributed by atoms with Gasteiger partial charge in [0.2, 0.25) is 0 Å². The lowest BCUT2D eigenvalue weighted by Crippen LogP contribution is -2.20. The highest BCUT2D eigenvalue weighted by Crippen LogP contribution is 2.35. The molecule has 0 saturated carbocycles. The number of aliphatic hydroxyl groups excluding tert-OH is 1. The third-order valence-corrected chi connectivity index (χ3v) is 6.37. The molecule has 1 atom stereocenters. The van der Waals surface area contributed by atoms with Crippen LogP contribution in [0.2, 0.25) is 0 Å². The van der Waals surface area contributed by atoms with Crippen LogP contribution in [0.1, 0.15) is 63.4 Å². The molecule has 0 aliphatic carbocycles. The topological polar surface area (TPSA) is 76.6 Å². The smallest absolute Gasteiger partial charge is 0.136 e. The first-order valence-electron chi connectivity index (χ1n) is 12.8. The number of aryl methyl sites for hydroxylation is 1. The van der Waals surface area contributed by atoms with Gasteiger partial charge in [0.25, 0.3) is 0 Å². The number of aromatic nitrogens is 4. The van der Waals surface area contributed by atoms with Crippen molar-refractivity contribution in [3.63, 3.8) is 0 Å². The van der Waals surface area contributed by atoms with Crippen LogP contribution in [0.3, 0.4) is 0 Å².